The van der Waals surface area contributed by atoms with E-state index in [2.05, 4.69) is 10.0 Å². The van der Waals surface area contributed by atoms with Crippen LogP contribution < -0.4 is 4.74 Å². The number of rotatable bonds is 4. The summed E-state index contributed by atoms with van der Waals surface area (Å²) in [6.45, 7) is 6.15. The Balaban J connectivity index is 2.03. The van der Waals surface area contributed by atoms with Gasteiger partial charge in [0, 0.05) is 11.5 Å². The van der Waals surface area contributed by atoms with Gasteiger partial charge in [-0.1, -0.05) is 23.3 Å². The molecule has 124 valence electrons. The lowest BCUT2D eigenvalue weighted by molar-refractivity contribution is 0.0186. The van der Waals surface area contributed by atoms with E-state index in [4.69, 9.17) is 15.0 Å². The molecule has 7 nitrogen and oxygen atoms in total. The van der Waals surface area contributed by atoms with Crippen LogP contribution in [0.1, 0.15) is 27.2 Å². The standard InChI is InChI=1S/C16H22N4O3/c1-16(2,3)23-15(21)20-10-12(18-19-17)9-13(20)11-22-14-7-5-4-6-8-14/h4-8,12-13H,9-11H2,1-3H3/t12-,13-/m1/s1. The zero-order valence-corrected chi connectivity index (χ0v) is 13.7. The highest BCUT2D eigenvalue weighted by Gasteiger charge is 2.37. The zero-order valence-electron chi connectivity index (χ0n) is 13.7. The summed E-state index contributed by atoms with van der Waals surface area (Å²) in [7, 11) is 0. The molecule has 1 aliphatic heterocycles. The molecule has 1 fully saturated rings. The van der Waals surface area contributed by atoms with Crippen molar-refractivity contribution < 1.29 is 14.3 Å². The number of hydrogen-bond acceptors (Lipinski definition) is 4. The van der Waals surface area contributed by atoms with E-state index < -0.39 is 11.7 Å². The Labute approximate surface area is 135 Å². The summed E-state index contributed by atoms with van der Waals surface area (Å²) in [6.07, 6.45) is 0.158. The van der Waals surface area contributed by atoms with Crippen LogP contribution in [0.15, 0.2) is 35.4 Å². The number of carbonyl (C=O) groups is 1. The van der Waals surface area contributed by atoms with Gasteiger partial charge >= 0.3 is 6.09 Å². The van der Waals surface area contributed by atoms with E-state index >= 15 is 0 Å². The van der Waals surface area contributed by atoms with E-state index in [-0.39, 0.29) is 12.1 Å². The first-order valence-corrected chi connectivity index (χ1v) is 7.61. The molecule has 2 rings (SSSR count). The molecule has 2 atom stereocenters. The number of para-hydroxylation sites is 1. The smallest absolute Gasteiger partial charge is 0.410 e. The Hall–Kier alpha value is -2.40. The van der Waals surface area contributed by atoms with Crippen molar-refractivity contribution in [2.45, 2.75) is 44.9 Å². The number of hydrogen-bond donors (Lipinski definition) is 0. The van der Waals surface area contributed by atoms with Crippen LogP contribution in [0.5, 0.6) is 5.75 Å². The van der Waals surface area contributed by atoms with Gasteiger partial charge in [0.2, 0.25) is 0 Å². The van der Waals surface area contributed by atoms with Crippen molar-refractivity contribution in [3.8, 4) is 5.75 Å². The average Bonchev–Trinajstić information content (AvgIpc) is 2.88. The minimum absolute atomic E-state index is 0.180. The van der Waals surface area contributed by atoms with Crippen molar-refractivity contribution in [2.75, 3.05) is 13.2 Å². The van der Waals surface area contributed by atoms with E-state index in [9.17, 15) is 4.79 Å². The Morgan fingerprint density at radius 1 is 1.39 bits per heavy atom. The fourth-order valence-corrected chi connectivity index (χ4v) is 2.46. The minimum Gasteiger partial charge on any atom is -0.491 e. The molecular formula is C16H22N4O3. The lowest BCUT2D eigenvalue weighted by Gasteiger charge is -2.28. The van der Waals surface area contributed by atoms with Crippen molar-refractivity contribution in [3.63, 3.8) is 0 Å². The molecule has 0 N–H and O–H groups in total. The molecule has 0 aliphatic carbocycles. The molecule has 1 aromatic rings. The SMILES string of the molecule is CC(C)(C)OC(=O)N1C[C@H](N=[N+]=[N-])C[C@@H]1COc1ccccc1. The zero-order chi connectivity index (χ0) is 16.9. The monoisotopic (exact) mass is 318 g/mol. The quantitative estimate of drug-likeness (QED) is 0.481. The molecule has 1 saturated heterocycles. The molecule has 1 aromatic carbocycles. The molecular weight excluding hydrogens is 296 g/mol. The summed E-state index contributed by atoms with van der Waals surface area (Å²) in [5.74, 6) is 0.740. The maximum absolute atomic E-state index is 12.3. The maximum atomic E-state index is 12.3. The van der Waals surface area contributed by atoms with Crippen LogP contribution in [0.3, 0.4) is 0 Å². The van der Waals surface area contributed by atoms with Gasteiger partial charge in [-0.15, -0.1) is 0 Å². The first kappa shape index (κ1) is 17.0. The third-order valence-electron chi connectivity index (χ3n) is 3.42. The number of ether oxygens (including phenoxy) is 2. The second-order valence-electron chi connectivity index (χ2n) is 6.51. The van der Waals surface area contributed by atoms with Crippen LogP contribution in [0.25, 0.3) is 10.4 Å². The van der Waals surface area contributed by atoms with Crippen molar-refractivity contribution in [1.82, 2.24) is 4.90 Å². The van der Waals surface area contributed by atoms with Crippen LogP contribution in [-0.4, -0.2) is 41.8 Å². The second kappa shape index (κ2) is 7.24. The Morgan fingerprint density at radius 3 is 2.70 bits per heavy atom. The molecule has 0 radical (unpaired) electrons. The van der Waals surface area contributed by atoms with E-state index in [1.54, 1.807) is 4.90 Å². The van der Waals surface area contributed by atoms with Gasteiger partial charge in [0.15, 0.2) is 0 Å². The number of benzene rings is 1. The van der Waals surface area contributed by atoms with Gasteiger partial charge in [0.25, 0.3) is 0 Å². The number of carbonyl (C=O) groups excluding carboxylic acids is 1. The predicted octanol–water partition coefficient (Wildman–Crippen LogP) is 3.75. The minimum atomic E-state index is -0.571. The summed E-state index contributed by atoms with van der Waals surface area (Å²) in [5.41, 5.74) is 8.05. The van der Waals surface area contributed by atoms with Crippen LogP contribution in [-0.2, 0) is 4.74 Å². The number of nitrogens with zero attached hydrogens (tertiary/aromatic N) is 4. The van der Waals surface area contributed by atoms with Gasteiger partial charge in [-0.05, 0) is 44.9 Å². The van der Waals surface area contributed by atoms with Crippen molar-refractivity contribution in [2.24, 2.45) is 5.11 Å². The van der Waals surface area contributed by atoms with Gasteiger partial charge in [0.05, 0.1) is 12.1 Å². The van der Waals surface area contributed by atoms with Crippen molar-refractivity contribution in [3.05, 3.63) is 40.8 Å². The fourth-order valence-electron chi connectivity index (χ4n) is 2.46. The molecule has 0 saturated carbocycles. The average molecular weight is 318 g/mol. The first-order valence-electron chi connectivity index (χ1n) is 7.61. The highest BCUT2D eigenvalue weighted by atomic mass is 16.6. The largest absolute Gasteiger partial charge is 0.491 e. The third kappa shape index (κ3) is 5.07. The lowest BCUT2D eigenvalue weighted by atomic mass is 10.2. The number of amides is 1. The summed E-state index contributed by atoms with van der Waals surface area (Å²) in [5, 5.41) is 3.73. The van der Waals surface area contributed by atoms with E-state index in [0.717, 1.165) is 5.75 Å². The first-order chi connectivity index (χ1) is 10.9. The Bertz CT molecular complexity index is 579. The Morgan fingerprint density at radius 2 is 2.09 bits per heavy atom. The Kier molecular flexibility index (Phi) is 5.34. The van der Waals surface area contributed by atoms with Gasteiger partial charge in [0.1, 0.15) is 18.0 Å². The molecule has 1 amide bonds. The molecule has 1 heterocycles. The van der Waals surface area contributed by atoms with Gasteiger partial charge in [-0.3, -0.25) is 0 Å². The normalized spacial score (nSPS) is 20.7. The topological polar surface area (TPSA) is 87.5 Å². The van der Waals surface area contributed by atoms with Gasteiger partial charge in [-0.25, -0.2) is 4.79 Å². The molecule has 0 unspecified atom stereocenters. The maximum Gasteiger partial charge on any atom is 0.410 e. The molecule has 23 heavy (non-hydrogen) atoms. The molecule has 7 heteroatoms. The van der Waals surface area contributed by atoms with Crippen molar-refractivity contribution >= 4 is 6.09 Å². The highest BCUT2D eigenvalue weighted by Crippen LogP contribution is 2.24. The van der Waals surface area contributed by atoms with Crippen LogP contribution >= 0.6 is 0 Å². The molecule has 1 aliphatic rings. The predicted molar refractivity (Wildman–Crippen MR) is 86.2 cm³/mol. The van der Waals surface area contributed by atoms with Crippen LogP contribution in [0.2, 0.25) is 0 Å². The molecule has 0 bridgehead atoms. The van der Waals surface area contributed by atoms with E-state index in [1.807, 2.05) is 51.1 Å². The summed E-state index contributed by atoms with van der Waals surface area (Å²) in [4.78, 5) is 16.8. The number of azide groups is 1. The van der Waals surface area contributed by atoms with Gasteiger partial charge in [-0.2, -0.15) is 0 Å². The van der Waals surface area contributed by atoms with E-state index in [1.165, 1.54) is 0 Å². The third-order valence-corrected chi connectivity index (χ3v) is 3.42. The van der Waals surface area contributed by atoms with Crippen LogP contribution in [0, 0.1) is 0 Å². The summed E-state index contributed by atoms with van der Waals surface area (Å²) in [6, 6.07) is 8.97. The summed E-state index contributed by atoms with van der Waals surface area (Å²) < 4.78 is 11.2. The highest BCUT2D eigenvalue weighted by molar-refractivity contribution is 5.69. The van der Waals surface area contributed by atoms with Crippen LogP contribution in [0.4, 0.5) is 4.79 Å². The molecule has 0 spiro atoms. The fraction of sp³-hybridized carbons (Fsp3) is 0.562. The lowest BCUT2D eigenvalue weighted by Crippen LogP contribution is -2.42. The number of likely N-dealkylation sites (tertiary alicyclic amines) is 1. The van der Waals surface area contributed by atoms with Gasteiger partial charge < -0.3 is 14.4 Å². The van der Waals surface area contributed by atoms with E-state index in [0.29, 0.717) is 19.6 Å². The molecule has 0 aromatic heterocycles. The van der Waals surface area contributed by atoms with Crippen molar-refractivity contribution in [1.29, 1.82) is 0 Å². The summed E-state index contributed by atoms with van der Waals surface area (Å²) >= 11 is 0. The second-order valence-corrected chi connectivity index (χ2v) is 6.51.